The molecule has 1 heterocycles. The van der Waals surface area contributed by atoms with Gasteiger partial charge in [-0.05, 0) is 48.9 Å². The molecule has 23 heavy (non-hydrogen) atoms. The number of hydrogen-bond donors (Lipinski definition) is 2. The van der Waals surface area contributed by atoms with Gasteiger partial charge in [-0.25, -0.2) is 4.39 Å². The van der Waals surface area contributed by atoms with Crippen LogP contribution in [0.5, 0.6) is 5.75 Å². The number of hydrogen-bond acceptors (Lipinski definition) is 3. The summed E-state index contributed by atoms with van der Waals surface area (Å²) < 4.78 is 18.8. The molecule has 0 unspecified atom stereocenters. The highest BCUT2D eigenvalue weighted by molar-refractivity contribution is 5.80. The van der Waals surface area contributed by atoms with Crippen molar-refractivity contribution in [2.75, 3.05) is 12.4 Å². The summed E-state index contributed by atoms with van der Waals surface area (Å²) in [7, 11) is 1.60. The van der Waals surface area contributed by atoms with Crippen LogP contribution in [0.25, 0.3) is 10.9 Å². The lowest BCUT2D eigenvalue weighted by atomic mass is 10.1. The quantitative estimate of drug-likeness (QED) is 0.774. The lowest BCUT2D eigenvalue weighted by molar-refractivity contribution is 0.415. The van der Waals surface area contributed by atoms with E-state index in [0.717, 1.165) is 16.7 Å². The summed E-state index contributed by atoms with van der Waals surface area (Å²) in [6, 6.07) is 12.2. The number of ether oxygens (including phenoxy) is 1. The van der Waals surface area contributed by atoms with Crippen LogP contribution in [0.4, 0.5) is 10.1 Å². The van der Waals surface area contributed by atoms with Gasteiger partial charge in [-0.1, -0.05) is 6.07 Å². The van der Waals surface area contributed by atoms with Gasteiger partial charge < -0.3 is 15.0 Å². The second-order valence-electron chi connectivity index (χ2n) is 5.39. The molecule has 0 aliphatic rings. The van der Waals surface area contributed by atoms with Gasteiger partial charge in [-0.3, -0.25) is 4.79 Å². The SMILES string of the molecule is COc1ccc2[nH]c(=O)c(CNc3ccc(C)c(F)c3)cc2c1. The number of methoxy groups -OCH3 is 1. The number of aryl methyl sites for hydroxylation is 1. The molecule has 0 radical (unpaired) electrons. The van der Waals surface area contributed by atoms with E-state index in [1.807, 2.05) is 18.2 Å². The average molecular weight is 312 g/mol. The molecule has 0 atom stereocenters. The summed E-state index contributed by atoms with van der Waals surface area (Å²) in [5.41, 5.74) is 2.39. The van der Waals surface area contributed by atoms with E-state index in [-0.39, 0.29) is 11.4 Å². The second kappa shape index (κ2) is 6.12. The van der Waals surface area contributed by atoms with E-state index in [4.69, 9.17) is 4.74 Å². The number of rotatable bonds is 4. The first kappa shape index (κ1) is 15.1. The van der Waals surface area contributed by atoms with Gasteiger partial charge >= 0.3 is 0 Å². The van der Waals surface area contributed by atoms with Gasteiger partial charge in [0.25, 0.3) is 5.56 Å². The predicted molar refractivity (Wildman–Crippen MR) is 89.6 cm³/mol. The minimum atomic E-state index is -0.271. The van der Waals surface area contributed by atoms with E-state index < -0.39 is 0 Å². The van der Waals surface area contributed by atoms with E-state index in [9.17, 15) is 9.18 Å². The van der Waals surface area contributed by atoms with E-state index in [2.05, 4.69) is 10.3 Å². The van der Waals surface area contributed by atoms with Crippen molar-refractivity contribution in [2.45, 2.75) is 13.5 Å². The highest BCUT2D eigenvalue weighted by atomic mass is 19.1. The highest BCUT2D eigenvalue weighted by Gasteiger charge is 2.05. The lowest BCUT2D eigenvalue weighted by Gasteiger charge is -2.09. The van der Waals surface area contributed by atoms with Crippen molar-refractivity contribution in [3.63, 3.8) is 0 Å². The van der Waals surface area contributed by atoms with Crippen LogP contribution in [0, 0.1) is 12.7 Å². The molecule has 0 saturated heterocycles. The number of fused-ring (bicyclic) bond motifs is 1. The fraction of sp³-hybridized carbons (Fsp3) is 0.167. The van der Waals surface area contributed by atoms with Crippen LogP contribution in [-0.4, -0.2) is 12.1 Å². The molecule has 2 aromatic carbocycles. The van der Waals surface area contributed by atoms with E-state index in [0.29, 0.717) is 23.4 Å². The Morgan fingerprint density at radius 1 is 1.17 bits per heavy atom. The molecular weight excluding hydrogens is 295 g/mol. The molecule has 3 aromatic rings. The van der Waals surface area contributed by atoms with Crippen LogP contribution in [0.15, 0.2) is 47.3 Å². The van der Waals surface area contributed by atoms with Gasteiger partial charge in [0.05, 0.1) is 7.11 Å². The fourth-order valence-corrected chi connectivity index (χ4v) is 2.39. The summed E-state index contributed by atoms with van der Waals surface area (Å²) in [6.45, 7) is 2.02. The number of benzene rings is 2. The number of pyridine rings is 1. The highest BCUT2D eigenvalue weighted by Crippen LogP contribution is 2.19. The van der Waals surface area contributed by atoms with Crippen molar-refractivity contribution in [1.29, 1.82) is 0 Å². The van der Waals surface area contributed by atoms with Crippen molar-refractivity contribution in [2.24, 2.45) is 0 Å². The molecule has 1 aromatic heterocycles. The van der Waals surface area contributed by atoms with E-state index in [1.165, 1.54) is 6.07 Å². The maximum atomic E-state index is 13.6. The first-order valence-electron chi connectivity index (χ1n) is 7.27. The van der Waals surface area contributed by atoms with Crippen LogP contribution >= 0.6 is 0 Å². The normalized spacial score (nSPS) is 10.7. The van der Waals surface area contributed by atoms with Gasteiger partial charge in [-0.15, -0.1) is 0 Å². The Labute approximate surface area is 132 Å². The zero-order valence-electron chi connectivity index (χ0n) is 12.9. The Morgan fingerprint density at radius 2 is 2.00 bits per heavy atom. The molecule has 0 spiro atoms. The Balaban J connectivity index is 1.88. The van der Waals surface area contributed by atoms with Crippen LogP contribution in [0.1, 0.15) is 11.1 Å². The third-order valence-electron chi connectivity index (χ3n) is 3.78. The maximum Gasteiger partial charge on any atom is 0.253 e. The number of H-pyrrole nitrogens is 1. The minimum Gasteiger partial charge on any atom is -0.497 e. The zero-order chi connectivity index (χ0) is 16.4. The summed E-state index contributed by atoms with van der Waals surface area (Å²) in [5.74, 6) is 0.455. The molecule has 5 heteroatoms. The van der Waals surface area contributed by atoms with Gasteiger partial charge in [-0.2, -0.15) is 0 Å². The summed E-state index contributed by atoms with van der Waals surface area (Å²) in [4.78, 5) is 15.0. The van der Waals surface area contributed by atoms with E-state index >= 15 is 0 Å². The van der Waals surface area contributed by atoms with Crippen molar-refractivity contribution in [1.82, 2.24) is 4.98 Å². The Morgan fingerprint density at radius 3 is 2.74 bits per heavy atom. The smallest absolute Gasteiger partial charge is 0.253 e. The van der Waals surface area contributed by atoms with Gasteiger partial charge in [0, 0.05) is 28.7 Å². The van der Waals surface area contributed by atoms with Crippen LogP contribution < -0.4 is 15.6 Å². The van der Waals surface area contributed by atoms with Gasteiger partial charge in [0.1, 0.15) is 11.6 Å². The number of anilines is 1. The largest absolute Gasteiger partial charge is 0.497 e. The van der Waals surface area contributed by atoms with Crippen LogP contribution in [-0.2, 0) is 6.54 Å². The maximum absolute atomic E-state index is 13.6. The summed E-state index contributed by atoms with van der Waals surface area (Å²) in [6.07, 6.45) is 0. The second-order valence-corrected chi connectivity index (χ2v) is 5.39. The summed E-state index contributed by atoms with van der Waals surface area (Å²) in [5, 5.41) is 3.96. The number of aromatic amines is 1. The monoisotopic (exact) mass is 312 g/mol. The number of halogens is 1. The predicted octanol–water partition coefficient (Wildman–Crippen LogP) is 3.60. The standard InChI is InChI=1S/C18H17FN2O2/c1-11-3-4-14(9-16(11)19)20-10-13-7-12-8-15(23-2)5-6-17(12)21-18(13)22/h3-9,20H,10H2,1-2H3,(H,21,22). The molecule has 3 rings (SSSR count). The summed E-state index contributed by atoms with van der Waals surface area (Å²) >= 11 is 0. The average Bonchev–Trinajstić information content (AvgIpc) is 2.55. The van der Waals surface area contributed by atoms with Crippen molar-refractivity contribution < 1.29 is 9.13 Å². The topological polar surface area (TPSA) is 54.1 Å². The Bertz CT molecular complexity index is 919. The van der Waals surface area contributed by atoms with Crippen molar-refractivity contribution >= 4 is 16.6 Å². The molecular formula is C18H17FN2O2. The van der Waals surface area contributed by atoms with Gasteiger partial charge in [0.2, 0.25) is 0 Å². The Hall–Kier alpha value is -2.82. The molecule has 4 nitrogen and oxygen atoms in total. The molecule has 0 aliphatic heterocycles. The molecule has 0 amide bonds. The molecule has 0 aliphatic carbocycles. The van der Waals surface area contributed by atoms with Crippen molar-refractivity contribution in [3.8, 4) is 5.75 Å². The third kappa shape index (κ3) is 3.18. The first-order valence-corrected chi connectivity index (χ1v) is 7.27. The molecule has 0 saturated carbocycles. The van der Waals surface area contributed by atoms with Crippen molar-refractivity contribution in [3.05, 3.63) is 69.8 Å². The van der Waals surface area contributed by atoms with Crippen LogP contribution in [0.2, 0.25) is 0 Å². The van der Waals surface area contributed by atoms with Gasteiger partial charge in [0.15, 0.2) is 0 Å². The Kier molecular flexibility index (Phi) is 4.02. The first-order chi connectivity index (χ1) is 11.1. The molecule has 0 bridgehead atoms. The van der Waals surface area contributed by atoms with E-state index in [1.54, 1.807) is 32.2 Å². The molecule has 118 valence electrons. The lowest BCUT2D eigenvalue weighted by Crippen LogP contribution is -2.15. The number of nitrogens with one attached hydrogen (secondary N) is 2. The third-order valence-corrected chi connectivity index (χ3v) is 3.78. The minimum absolute atomic E-state index is 0.164. The zero-order valence-corrected chi connectivity index (χ0v) is 12.9. The van der Waals surface area contributed by atoms with Crippen LogP contribution in [0.3, 0.4) is 0 Å². The fourth-order valence-electron chi connectivity index (χ4n) is 2.39. The molecule has 2 N–H and O–H groups in total. The molecule has 0 fully saturated rings. The number of aromatic nitrogens is 1.